The van der Waals surface area contributed by atoms with Gasteiger partial charge < -0.3 is 9.52 Å². The summed E-state index contributed by atoms with van der Waals surface area (Å²) in [5, 5.41) is 17.9. The van der Waals surface area contributed by atoms with Crippen molar-refractivity contribution in [3.05, 3.63) is 65.1 Å². The second-order valence-corrected chi connectivity index (χ2v) is 5.26. The molecule has 0 radical (unpaired) electrons. The van der Waals surface area contributed by atoms with E-state index in [-0.39, 0.29) is 5.95 Å². The van der Waals surface area contributed by atoms with E-state index in [1.807, 2.05) is 54.6 Å². The van der Waals surface area contributed by atoms with Crippen LogP contribution in [0.2, 0.25) is 0 Å². The number of azo groups is 1. The van der Waals surface area contributed by atoms with Crippen LogP contribution in [0.25, 0.3) is 11.3 Å². The average molecular weight is 343 g/mol. The van der Waals surface area contributed by atoms with Gasteiger partial charge in [0.05, 0.1) is 5.69 Å². The smallest absolute Gasteiger partial charge is 0.311 e. The largest absolute Gasteiger partial charge is 0.479 e. The molecule has 21 heavy (non-hydrogen) atoms. The van der Waals surface area contributed by atoms with Crippen LogP contribution in [0.15, 0.2) is 79.8 Å². The first-order chi connectivity index (χ1) is 10.2. The van der Waals surface area contributed by atoms with Gasteiger partial charge in [0.1, 0.15) is 5.76 Å². The number of furan rings is 1. The van der Waals surface area contributed by atoms with Crippen molar-refractivity contribution in [1.82, 2.24) is 0 Å². The fourth-order valence-electron chi connectivity index (χ4n) is 1.81. The molecule has 0 saturated carbocycles. The van der Waals surface area contributed by atoms with Gasteiger partial charge in [0.25, 0.3) is 0 Å². The van der Waals surface area contributed by atoms with Crippen molar-refractivity contribution in [1.29, 1.82) is 0 Å². The molecule has 5 heteroatoms. The van der Waals surface area contributed by atoms with Crippen molar-refractivity contribution >= 4 is 27.3 Å². The summed E-state index contributed by atoms with van der Waals surface area (Å²) in [6.07, 6.45) is 0. The molecule has 0 aliphatic heterocycles. The molecule has 1 N–H and O–H groups in total. The minimum absolute atomic E-state index is 0.241. The lowest BCUT2D eigenvalue weighted by Crippen LogP contribution is -1.69. The molecular formula is C16H11BrN2O2. The molecule has 0 fully saturated rings. The molecule has 1 aromatic heterocycles. The van der Waals surface area contributed by atoms with E-state index in [1.54, 1.807) is 6.07 Å². The normalized spacial score (nSPS) is 11.1. The molecule has 0 unspecified atom stereocenters. The second kappa shape index (κ2) is 5.93. The van der Waals surface area contributed by atoms with E-state index >= 15 is 0 Å². The molecule has 0 saturated heterocycles. The van der Waals surface area contributed by atoms with E-state index < -0.39 is 0 Å². The van der Waals surface area contributed by atoms with Crippen LogP contribution in [-0.4, -0.2) is 5.11 Å². The van der Waals surface area contributed by atoms with E-state index in [0.717, 1.165) is 10.0 Å². The maximum atomic E-state index is 9.79. The Balaban J connectivity index is 1.86. The fourth-order valence-corrected chi connectivity index (χ4v) is 2.07. The number of nitrogens with zero attached hydrogens (tertiary/aromatic N) is 2. The van der Waals surface area contributed by atoms with Crippen LogP contribution in [0.4, 0.5) is 11.4 Å². The van der Waals surface area contributed by atoms with Crippen molar-refractivity contribution in [2.75, 3.05) is 0 Å². The highest BCUT2D eigenvalue weighted by atomic mass is 79.9. The molecule has 0 aliphatic carbocycles. The van der Waals surface area contributed by atoms with Gasteiger partial charge in [-0.15, -0.1) is 5.11 Å². The molecule has 2 aromatic carbocycles. The Bertz CT molecular complexity index is 765. The van der Waals surface area contributed by atoms with E-state index in [4.69, 9.17) is 4.42 Å². The van der Waals surface area contributed by atoms with Gasteiger partial charge in [-0.3, -0.25) is 0 Å². The molecule has 0 spiro atoms. The molecule has 0 amide bonds. The standard InChI is InChI=1S/C16H11BrN2O2/c17-12-6-8-13(9-7-12)18-19-14-10-15(21-16(14)20)11-4-2-1-3-5-11/h1-10,20H. The molecule has 0 aliphatic rings. The Morgan fingerprint density at radius 3 is 2.33 bits per heavy atom. The summed E-state index contributed by atoms with van der Waals surface area (Å²) in [7, 11) is 0. The lowest BCUT2D eigenvalue weighted by molar-refractivity contribution is 0.339. The molecule has 3 rings (SSSR count). The van der Waals surface area contributed by atoms with E-state index in [9.17, 15) is 5.11 Å². The number of rotatable bonds is 3. The summed E-state index contributed by atoms with van der Waals surface area (Å²) in [4.78, 5) is 0. The highest BCUT2D eigenvalue weighted by Crippen LogP contribution is 2.36. The maximum absolute atomic E-state index is 9.79. The zero-order valence-corrected chi connectivity index (χ0v) is 12.5. The number of halogens is 1. The number of aromatic hydroxyl groups is 1. The average Bonchev–Trinajstić information content (AvgIpc) is 2.89. The highest BCUT2D eigenvalue weighted by Gasteiger charge is 2.11. The van der Waals surface area contributed by atoms with Crippen LogP contribution in [0.3, 0.4) is 0 Å². The predicted molar refractivity (Wildman–Crippen MR) is 84.1 cm³/mol. The van der Waals surface area contributed by atoms with Crippen molar-refractivity contribution in [2.24, 2.45) is 10.2 Å². The van der Waals surface area contributed by atoms with Crippen LogP contribution < -0.4 is 0 Å². The number of hydrogen-bond donors (Lipinski definition) is 1. The second-order valence-electron chi connectivity index (χ2n) is 4.34. The van der Waals surface area contributed by atoms with Gasteiger partial charge in [-0.25, -0.2) is 0 Å². The molecule has 1 heterocycles. The molecular weight excluding hydrogens is 332 g/mol. The third-order valence-corrected chi connectivity index (χ3v) is 3.38. The van der Waals surface area contributed by atoms with E-state index in [1.165, 1.54) is 0 Å². The van der Waals surface area contributed by atoms with Gasteiger partial charge >= 0.3 is 5.95 Å². The summed E-state index contributed by atoms with van der Waals surface area (Å²) in [5.74, 6) is 0.313. The quantitative estimate of drug-likeness (QED) is 0.608. The number of benzene rings is 2. The summed E-state index contributed by atoms with van der Waals surface area (Å²) >= 11 is 3.36. The Labute approximate surface area is 129 Å². The first-order valence-electron chi connectivity index (χ1n) is 6.28. The lowest BCUT2D eigenvalue weighted by Gasteiger charge is -1.92. The van der Waals surface area contributed by atoms with E-state index in [2.05, 4.69) is 26.2 Å². The van der Waals surface area contributed by atoms with Crippen LogP contribution in [0, 0.1) is 0 Å². The van der Waals surface area contributed by atoms with Crippen molar-refractivity contribution in [2.45, 2.75) is 0 Å². The van der Waals surface area contributed by atoms with E-state index in [0.29, 0.717) is 17.1 Å². The summed E-state index contributed by atoms with van der Waals surface area (Å²) < 4.78 is 6.27. The monoisotopic (exact) mass is 342 g/mol. The van der Waals surface area contributed by atoms with Gasteiger partial charge in [-0.2, -0.15) is 5.11 Å². The summed E-state index contributed by atoms with van der Waals surface area (Å²) in [6.45, 7) is 0. The predicted octanol–water partition coefficient (Wildman–Crippen LogP) is 5.83. The van der Waals surface area contributed by atoms with Crippen LogP contribution in [-0.2, 0) is 0 Å². The van der Waals surface area contributed by atoms with Crippen LogP contribution in [0.1, 0.15) is 0 Å². The van der Waals surface area contributed by atoms with Gasteiger partial charge in [-0.1, -0.05) is 46.3 Å². The van der Waals surface area contributed by atoms with Crippen LogP contribution in [0.5, 0.6) is 5.95 Å². The Morgan fingerprint density at radius 2 is 1.62 bits per heavy atom. The topological polar surface area (TPSA) is 58.1 Å². The van der Waals surface area contributed by atoms with Crippen molar-refractivity contribution in [3.63, 3.8) is 0 Å². The fraction of sp³-hybridized carbons (Fsp3) is 0. The van der Waals surface area contributed by atoms with Crippen LogP contribution >= 0.6 is 15.9 Å². The Morgan fingerprint density at radius 1 is 0.905 bits per heavy atom. The van der Waals surface area contributed by atoms with Crippen molar-refractivity contribution in [3.8, 4) is 17.3 Å². The summed E-state index contributed by atoms with van der Waals surface area (Å²) in [5.41, 5.74) is 1.87. The first-order valence-corrected chi connectivity index (χ1v) is 7.07. The third kappa shape index (κ3) is 3.20. The minimum atomic E-state index is -0.241. The Hall–Kier alpha value is -2.40. The molecule has 3 aromatic rings. The molecule has 0 atom stereocenters. The molecule has 104 valence electrons. The molecule has 0 bridgehead atoms. The number of hydrogen-bond acceptors (Lipinski definition) is 4. The molecule has 4 nitrogen and oxygen atoms in total. The van der Waals surface area contributed by atoms with Gasteiger partial charge in [0, 0.05) is 16.1 Å². The first kappa shape index (κ1) is 13.6. The van der Waals surface area contributed by atoms with Gasteiger partial charge in [0.15, 0.2) is 5.69 Å². The van der Waals surface area contributed by atoms with Gasteiger partial charge in [-0.05, 0) is 24.3 Å². The third-order valence-electron chi connectivity index (χ3n) is 2.85. The summed E-state index contributed by atoms with van der Waals surface area (Å²) in [6, 6.07) is 18.6. The Kier molecular flexibility index (Phi) is 3.83. The SMILES string of the molecule is Oc1oc(-c2ccccc2)cc1N=Nc1ccc(Br)cc1. The maximum Gasteiger partial charge on any atom is 0.311 e. The van der Waals surface area contributed by atoms with Gasteiger partial charge in [0.2, 0.25) is 0 Å². The van der Waals surface area contributed by atoms with Crippen molar-refractivity contribution < 1.29 is 9.52 Å². The minimum Gasteiger partial charge on any atom is -0.479 e. The highest BCUT2D eigenvalue weighted by molar-refractivity contribution is 9.10. The zero-order valence-electron chi connectivity index (χ0n) is 10.9. The lowest BCUT2D eigenvalue weighted by atomic mass is 10.2. The zero-order chi connectivity index (χ0) is 14.7.